The molecule has 0 aliphatic carbocycles. The van der Waals surface area contributed by atoms with Crippen molar-refractivity contribution in [3.8, 4) is 0 Å². The molecule has 3 heterocycles. The highest BCUT2D eigenvalue weighted by atomic mass is 16.5. The molecule has 1 aliphatic heterocycles. The van der Waals surface area contributed by atoms with Crippen LogP contribution in [0.1, 0.15) is 41.6 Å². The monoisotopic (exact) mass is 332 g/mol. The maximum Gasteiger partial charge on any atom is 0.274 e. The van der Waals surface area contributed by atoms with Gasteiger partial charge in [-0.25, -0.2) is 9.67 Å². The van der Waals surface area contributed by atoms with Gasteiger partial charge in [-0.05, 0) is 12.5 Å². The van der Waals surface area contributed by atoms with Gasteiger partial charge in [-0.2, -0.15) is 10.2 Å². The van der Waals surface area contributed by atoms with Crippen LogP contribution in [0.2, 0.25) is 0 Å². The van der Waals surface area contributed by atoms with E-state index in [1.54, 1.807) is 4.90 Å². The van der Waals surface area contributed by atoms with Gasteiger partial charge in [0.05, 0.1) is 13.2 Å². The fourth-order valence-corrected chi connectivity index (χ4v) is 2.57. The Balaban J connectivity index is 1.73. The Hall–Kier alpha value is -2.55. The standard InChI is InChI=1S/C15H20N6O3/c1-3-4-12-16-14(18-17-12)11-9-21(7-8-24-11)15(23)10-5-6-13(22)20(2)19-10/h5-6,11H,3-4,7-9H2,1-2H3,(H,16,17,18)/t11-/m1/s1. The van der Waals surface area contributed by atoms with E-state index < -0.39 is 0 Å². The van der Waals surface area contributed by atoms with E-state index in [-0.39, 0.29) is 23.3 Å². The van der Waals surface area contributed by atoms with E-state index in [0.717, 1.165) is 23.3 Å². The Morgan fingerprint density at radius 3 is 3.04 bits per heavy atom. The van der Waals surface area contributed by atoms with Crippen LogP contribution in [-0.2, 0) is 18.2 Å². The molecule has 0 unspecified atom stereocenters. The highest BCUT2D eigenvalue weighted by Gasteiger charge is 2.29. The summed E-state index contributed by atoms with van der Waals surface area (Å²) in [6.07, 6.45) is 1.44. The lowest BCUT2D eigenvalue weighted by atomic mass is 10.2. The molecule has 1 fully saturated rings. The molecule has 1 saturated heterocycles. The predicted octanol–water partition coefficient (Wildman–Crippen LogP) is 0.0646. The number of carbonyl (C=O) groups is 1. The SMILES string of the molecule is CCCc1nc([C@H]2CN(C(=O)c3ccc(=O)n(C)n3)CCO2)n[nH]1. The number of H-pyrrole nitrogens is 1. The van der Waals surface area contributed by atoms with Gasteiger partial charge in [-0.15, -0.1) is 0 Å². The van der Waals surface area contributed by atoms with Crippen molar-refractivity contribution in [2.75, 3.05) is 19.7 Å². The van der Waals surface area contributed by atoms with Gasteiger partial charge in [0.25, 0.3) is 11.5 Å². The molecule has 0 radical (unpaired) electrons. The van der Waals surface area contributed by atoms with Gasteiger partial charge >= 0.3 is 0 Å². The largest absolute Gasteiger partial charge is 0.366 e. The third-order valence-electron chi connectivity index (χ3n) is 3.86. The molecule has 9 nitrogen and oxygen atoms in total. The van der Waals surface area contributed by atoms with E-state index in [4.69, 9.17) is 4.74 Å². The first kappa shape index (κ1) is 16.3. The number of aromatic amines is 1. The van der Waals surface area contributed by atoms with Crippen LogP contribution in [0.4, 0.5) is 0 Å². The molecule has 0 aromatic carbocycles. The summed E-state index contributed by atoms with van der Waals surface area (Å²) in [6, 6.07) is 2.78. The number of aryl methyl sites for hydroxylation is 2. The van der Waals surface area contributed by atoms with Crippen LogP contribution in [0.15, 0.2) is 16.9 Å². The van der Waals surface area contributed by atoms with Crippen LogP contribution in [0.25, 0.3) is 0 Å². The van der Waals surface area contributed by atoms with Gasteiger partial charge < -0.3 is 9.64 Å². The van der Waals surface area contributed by atoms with Crippen LogP contribution < -0.4 is 5.56 Å². The maximum absolute atomic E-state index is 12.6. The Kier molecular flexibility index (Phi) is 4.70. The van der Waals surface area contributed by atoms with Crippen molar-refractivity contribution >= 4 is 5.91 Å². The Morgan fingerprint density at radius 1 is 1.46 bits per heavy atom. The molecule has 2 aromatic rings. The van der Waals surface area contributed by atoms with Gasteiger partial charge in [0.1, 0.15) is 17.6 Å². The zero-order chi connectivity index (χ0) is 17.1. The number of hydrogen-bond acceptors (Lipinski definition) is 6. The number of rotatable bonds is 4. The van der Waals surface area contributed by atoms with Crippen molar-refractivity contribution in [2.45, 2.75) is 25.9 Å². The van der Waals surface area contributed by atoms with Crippen LogP contribution in [-0.4, -0.2) is 55.5 Å². The second-order valence-corrected chi connectivity index (χ2v) is 5.68. The second-order valence-electron chi connectivity index (χ2n) is 5.68. The van der Waals surface area contributed by atoms with Crippen molar-refractivity contribution in [2.24, 2.45) is 7.05 Å². The number of hydrogen-bond donors (Lipinski definition) is 1. The Bertz CT molecular complexity index is 784. The molecular formula is C15H20N6O3. The molecule has 1 amide bonds. The Labute approximate surface area is 138 Å². The number of nitrogens with one attached hydrogen (secondary N) is 1. The fourth-order valence-electron chi connectivity index (χ4n) is 2.57. The molecule has 2 aromatic heterocycles. The third kappa shape index (κ3) is 3.35. The lowest BCUT2D eigenvalue weighted by Gasteiger charge is -2.31. The first-order valence-corrected chi connectivity index (χ1v) is 7.95. The Morgan fingerprint density at radius 2 is 2.29 bits per heavy atom. The van der Waals surface area contributed by atoms with E-state index in [9.17, 15) is 9.59 Å². The van der Waals surface area contributed by atoms with E-state index in [1.165, 1.54) is 19.2 Å². The van der Waals surface area contributed by atoms with Crippen LogP contribution >= 0.6 is 0 Å². The zero-order valence-corrected chi connectivity index (χ0v) is 13.7. The highest BCUT2D eigenvalue weighted by Crippen LogP contribution is 2.20. The summed E-state index contributed by atoms with van der Waals surface area (Å²) in [7, 11) is 1.52. The highest BCUT2D eigenvalue weighted by molar-refractivity contribution is 5.92. The van der Waals surface area contributed by atoms with Crippen LogP contribution in [0.3, 0.4) is 0 Å². The van der Waals surface area contributed by atoms with Crippen molar-refractivity contribution in [1.82, 2.24) is 29.9 Å². The van der Waals surface area contributed by atoms with Gasteiger partial charge in [-0.1, -0.05) is 6.92 Å². The smallest absolute Gasteiger partial charge is 0.274 e. The van der Waals surface area contributed by atoms with Gasteiger partial charge in [-0.3, -0.25) is 14.7 Å². The summed E-state index contributed by atoms with van der Waals surface area (Å²) in [6.45, 7) is 3.29. The van der Waals surface area contributed by atoms with Crippen molar-refractivity contribution in [3.05, 3.63) is 39.8 Å². The lowest BCUT2D eigenvalue weighted by molar-refractivity contribution is -0.0269. The van der Waals surface area contributed by atoms with Gasteiger partial charge in [0.15, 0.2) is 5.82 Å². The minimum atomic E-state index is -0.364. The molecule has 1 aliphatic rings. The minimum Gasteiger partial charge on any atom is -0.366 e. The number of amides is 1. The molecule has 0 bridgehead atoms. The van der Waals surface area contributed by atoms with Crippen molar-refractivity contribution < 1.29 is 9.53 Å². The molecule has 24 heavy (non-hydrogen) atoms. The summed E-state index contributed by atoms with van der Waals surface area (Å²) in [5, 5.41) is 11.1. The van der Waals surface area contributed by atoms with Crippen LogP contribution in [0.5, 0.6) is 0 Å². The summed E-state index contributed by atoms with van der Waals surface area (Å²) < 4.78 is 6.85. The van der Waals surface area contributed by atoms with E-state index >= 15 is 0 Å². The number of morpholine rings is 1. The first-order valence-electron chi connectivity index (χ1n) is 7.95. The summed E-state index contributed by atoms with van der Waals surface area (Å²) in [5.74, 6) is 1.15. The van der Waals surface area contributed by atoms with E-state index in [1.807, 2.05) is 0 Å². The average molecular weight is 332 g/mol. The van der Waals surface area contributed by atoms with E-state index in [2.05, 4.69) is 27.2 Å². The maximum atomic E-state index is 12.6. The normalized spacial score (nSPS) is 17.9. The molecule has 9 heteroatoms. The van der Waals surface area contributed by atoms with Crippen molar-refractivity contribution in [1.29, 1.82) is 0 Å². The van der Waals surface area contributed by atoms with Crippen LogP contribution in [0, 0.1) is 0 Å². The number of aromatic nitrogens is 5. The molecule has 1 N–H and O–H groups in total. The topological polar surface area (TPSA) is 106 Å². The predicted molar refractivity (Wildman–Crippen MR) is 84.5 cm³/mol. The summed E-state index contributed by atoms with van der Waals surface area (Å²) in [5.41, 5.74) is -0.0185. The zero-order valence-electron chi connectivity index (χ0n) is 13.7. The molecule has 0 saturated carbocycles. The number of ether oxygens (including phenoxy) is 1. The van der Waals surface area contributed by atoms with Gasteiger partial charge in [0.2, 0.25) is 0 Å². The molecular weight excluding hydrogens is 312 g/mol. The average Bonchev–Trinajstić information content (AvgIpc) is 3.06. The number of nitrogens with zero attached hydrogens (tertiary/aromatic N) is 5. The molecule has 0 spiro atoms. The molecule has 1 atom stereocenters. The lowest BCUT2D eigenvalue weighted by Crippen LogP contribution is -2.43. The molecule has 3 rings (SSSR count). The quantitative estimate of drug-likeness (QED) is 0.849. The third-order valence-corrected chi connectivity index (χ3v) is 3.86. The second kappa shape index (κ2) is 6.91. The summed E-state index contributed by atoms with van der Waals surface area (Å²) >= 11 is 0. The minimum absolute atomic E-state index is 0.233. The first-order chi connectivity index (χ1) is 11.6. The fraction of sp³-hybridized carbons (Fsp3) is 0.533. The summed E-state index contributed by atoms with van der Waals surface area (Å²) in [4.78, 5) is 30.1. The molecule has 128 valence electrons. The van der Waals surface area contributed by atoms with E-state index in [0.29, 0.717) is 25.5 Å². The van der Waals surface area contributed by atoms with Gasteiger partial charge in [0, 0.05) is 26.1 Å². The van der Waals surface area contributed by atoms with Crippen molar-refractivity contribution in [3.63, 3.8) is 0 Å². The number of carbonyl (C=O) groups excluding carboxylic acids is 1.